The summed E-state index contributed by atoms with van der Waals surface area (Å²) in [5.74, 6) is 0. The lowest BCUT2D eigenvalue weighted by Crippen LogP contribution is -1.90. The fourth-order valence-electron chi connectivity index (χ4n) is 0.921. The van der Waals surface area contributed by atoms with Crippen molar-refractivity contribution in [3.63, 3.8) is 0 Å². The molecule has 0 saturated carbocycles. The van der Waals surface area contributed by atoms with E-state index in [1.54, 1.807) is 6.20 Å². The number of hydrogen-bond donors (Lipinski definition) is 0. The van der Waals surface area contributed by atoms with Crippen LogP contribution in [-0.2, 0) is 0 Å². The molecule has 0 bridgehead atoms. The summed E-state index contributed by atoms with van der Waals surface area (Å²) >= 11 is 0. The van der Waals surface area contributed by atoms with E-state index in [4.69, 9.17) is 0 Å². The molecule has 0 amide bonds. The molecule has 0 aliphatic carbocycles. The third-order valence-electron chi connectivity index (χ3n) is 1.51. The van der Waals surface area contributed by atoms with E-state index in [2.05, 4.69) is 19.9 Å². The van der Waals surface area contributed by atoms with Crippen LogP contribution in [-0.4, -0.2) is 19.9 Å². The molecule has 0 aliphatic heterocycles. The SMILES string of the molecule is Cc1ncnc2ncncc12. The van der Waals surface area contributed by atoms with Crippen LogP contribution in [0, 0.1) is 6.92 Å². The Morgan fingerprint density at radius 3 is 2.73 bits per heavy atom. The molecule has 0 atom stereocenters. The average Bonchev–Trinajstić information content (AvgIpc) is 2.06. The van der Waals surface area contributed by atoms with E-state index in [1.165, 1.54) is 12.7 Å². The zero-order chi connectivity index (χ0) is 7.68. The minimum Gasteiger partial charge on any atom is -0.244 e. The monoisotopic (exact) mass is 146 g/mol. The molecule has 0 spiro atoms. The number of hydrogen-bond acceptors (Lipinski definition) is 4. The lowest BCUT2D eigenvalue weighted by molar-refractivity contribution is 1.10. The molecule has 11 heavy (non-hydrogen) atoms. The van der Waals surface area contributed by atoms with Crippen molar-refractivity contribution in [2.45, 2.75) is 6.92 Å². The molecular formula is C7H6N4. The highest BCUT2D eigenvalue weighted by atomic mass is 14.9. The van der Waals surface area contributed by atoms with Gasteiger partial charge in [0.2, 0.25) is 0 Å². The molecule has 0 radical (unpaired) electrons. The minimum absolute atomic E-state index is 0.701. The van der Waals surface area contributed by atoms with Gasteiger partial charge >= 0.3 is 0 Å². The van der Waals surface area contributed by atoms with E-state index in [0.29, 0.717) is 5.65 Å². The van der Waals surface area contributed by atoms with Gasteiger partial charge in [0, 0.05) is 6.20 Å². The quantitative estimate of drug-likeness (QED) is 0.549. The molecule has 4 nitrogen and oxygen atoms in total. The second kappa shape index (κ2) is 2.23. The molecule has 0 aromatic carbocycles. The first-order valence-corrected chi connectivity index (χ1v) is 3.25. The maximum atomic E-state index is 4.02. The van der Waals surface area contributed by atoms with Crippen molar-refractivity contribution in [3.05, 3.63) is 24.5 Å². The largest absolute Gasteiger partial charge is 0.244 e. The first-order valence-electron chi connectivity index (χ1n) is 3.25. The Bertz CT molecular complexity index is 380. The van der Waals surface area contributed by atoms with Crippen LogP contribution in [0.4, 0.5) is 0 Å². The highest BCUT2D eigenvalue weighted by Crippen LogP contribution is 2.07. The van der Waals surface area contributed by atoms with E-state index < -0.39 is 0 Å². The second-order valence-corrected chi connectivity index (χ2v) is 2.22. The van der Waals surface area contributed by atoms with Gasteiger partial charge in [-0.2, -0.15) is 0 Å². The predicted molar refractivity (Wildman–Crippen MR) is 39.9 cm³/mol. The summed E-state index contributed by atoms with van der Waals surface area (Å²) in [6.45, 7) is 1.91. The Labute approximate surface area is 63.4 Å². The molecule has 2 aromatic heterocycles. The molecule has 4 heteroatoms. The predicted octanol–water partition coefficient (Wildman–Crippen LogP) is 0.728. The first kappa shape index (κ1) is 6.15. The number of fused-ring (bicyclic) bond motifs is 1. The zero-order valence-electron chi connectivity index (χ0n) is 6.02. The topological polar surface area (TPSA) is 51.6 Å². The molecular weight excluding hydrogens is 140 g/mol. The summed E-state index contributed by atoms with van der Waals surface area (Å²) in [4.78, 5) is 15.9. The second-order valence-electron chi connectivity index (χ2n) is 2.22. The summed E-state index contributed by atoms with van der Waals surface area (Å²) in [7, 11) is 0. The molecule has 0 N–H and O–H groups in total. The van der Waals surface area contributed by atoms with Crippen molar-refractivity contribution < 1.29 is 0 Å². The molecule has 2 rings (SSSR count). The Kier molecular flexibility index (Phi) is 1.25. The van der Waals surface area contributed by atoms with Crippen molar-refractivity contribution in [3.8, 4) is 0 Å². The van der Waals surface area contributed by atoms with E-state index in [9.17, 15) is 0 Å². The van der Waals surface area contributed by atoms with Crippen LogP contribution in [0.5, 0.6) is 0 Å². The van der Waals surface area contributed by atoms with Crippen LogP contribution in [0.15, 0.2) is 18.9 Å². The van der Waals surface area contributed by atoms with E-state index in [0.717, 1.165) is 11.1 Å². The van der Waals surface area contributed by atoms with Crippen LogP contribution < -0.4 is 0 Å². The van der Waals surface area contributed by atoms with Gasteiger partial charge in [-0.05, 0) is 6.92 Å². The molecule has 0 aliphatic rings. The number of nitrogens with zero attached hydrogens (tertiary/aromatic N) is 4. The fourth-order valence-corrected chi connectivity index (χ4v) is 0.921. The Balaban J connectivity index is 2.91. The van der Waals surface area contributed by atoms with Gasteiger partial charge in [-0.1, -0.05) is 0 Å². The summed E-state index contributed by atoms with van der Waals surface area (Å²) < 4.78 is 0. The molecule has 2 heterocycles. The highest BCUT2D eigenvalue weighted by molar-refractivity contribution is 5.74. The van der Waals surface area contributed by atoms with Crippen LogP contribution in [0.3, 0.4) is 0 Å². The highest BCUT2D eigenvalue weighted by Gasteiger charge is 1.97. The van der Waals surface area contributed by atoms with Crippen molar-refractivity contribution >= 4 is 11.0 Å². The lowest BCUT2D eigenvalue weighted by atomic mass is 10.3. The lowest BCUT2D eigenvalue weighted by Gasteiger charge is -1.95. The molecule has 0 saturated heterocycles. The molecule has 0 unspecified atom stereocenters. The van der Waals surface area contributed by atoms with Crippen LogP contribution in [0.1, 0.15) is 5.69 Å². The molecule has 2 aromatic rings. The summed E-state index contributed by atoms with van der Waals surface area (Å²) in [6.07, 6.45) is 4.71. The van der Waals surface area contributed by atoms with E-state index in [1.807, 2.05) is 6.92 Å². The zero-order valence-corrected chi connectivity index (χ0v) is 6.02. The van der Waals surface area contributed by atoms with Gasteiger partial charge in [-0.25, -0.2) is 19.9 Å². The third kappa shape index (κ3) is 0.920. The number of aromatic nitrogens is 4. The van der Waals surface area contributed by atoms with Crippen molar-refractivity contribution in [2.24, 2.45) is 0 Å². The third-order valence-corrected chi connectivity index (χ3v) is 1.51. The standard InChI is InChI=1S/C7H6N4/c1-5-6-2-8-3-10-7(6)11-4-9-5/h2-4H,1H3. The van der Waals surface area contributed by atoms with Gasteiger partial charge in [0.15, 0.2) is 5.65 Å². The van der Waals surface area contributed by atoms with Crippen molar-refractivity contribution in [1.29, 1.82) is 0 Å². The number of aryl methyl sites for hydroxylation is 1. The molecule has 54 valence electrons. The van der Waals surface area contributed by atoms with Crippen LogP contribution >= 0.6 is 0 Å². The van der Waals surface area contributed by atoms with E-state index in [-0.39, 0.29) is 0 Å². The number of rotatable bonds is 0. The Morgan fingerprint density at radius 1 is 1.09 bits per heavy atom. The summed E-state index contributed by atoms with van der Waals surface area (Å²) in [6, 6.07) is 0. The maximum Gasteiger partial charge on any atom is 0.166 e. The van der Waals surface area contributed by atoms with Gasteiger partial charge in [0.1, 0.15) is 12.7 Å². The van der Waals surface area contributed by atoms with Gasteiger partial charge in [0.05, 0.1) is 11.1 Å². The minimum atomic E-state index is 0.701. The van der Waals surface area contributed by atoms with Crippen LogP contribution in [0.25, 0.3) is 11.0 Å². The maximum absolute atomic E-state index is 4.02. The van der Waals surface area contributed by atoms with Crippen molar-refractivity contribution in [1.82, 2.24) is 19.9 Å². The van der Waals surface area contributed by atoms with Crippen molar-refractivity contribution in [2.75, 3.05) is 0 Å². The molecule has 0 fully saturated rings. The average molecular weight is 146 g/mol. The fraction of sp³-hybridized carbons (Fsp3) is 0.143. The van der Waals surface area contributed by atoms with Gasteiger partial charge in [-0.15, -0.1) is 0 Å². The Morgan fingerprint density at radius 2 is 1.91 bits per heavy atom. The summed E-state index contributed by atoms with van der Waals surface area (Å²) in [5, 5.41) is 0.912. The normalized spacial score (nSPS) is 10.3. The summed E-state index contributed by atoms with van der Waals surface area (Å²) in [5.41, 5.74) is 1.61. The first-order chi connectivity index (χ1) is 5.38. The van der Waals surface area contributed by atoms with Gasteiger partial charge < -0.3 is 0 Å². The van der Waals surface area contributed by atoms with E-state index >= 15 is 0 Å². The smallest absolute Gasteiger partial charge is 0.166 e. The Hall–Kier alpha value is -1.58. The van der Waals surface area contributed by atoms with Gasteiger partial charge in [-0.3, -0.25) is 0 Å². The van der Waals surface area contributed by atoms with Crippen LogP contribution in [0.2, 0.25) is 0 Å². The van der Waals surface area contributed by atoms with Gasteiger partial charge in [0.25, 0.3) is 0 Å².